The normalized spacial score (nSPS) is 15.8. The van der Waals surface area contributed by atoms with Crippen LogP contribution in [-0.4, -0.2) is 50.0 Å². The molecule has 1 saturated heterocycles. The minimum Gasteiger partial charge on any atom is -0.495 e. The van der Waals surface area contributed by atoms with E-state index in [4.69, 9.17) is 9.47 Å². The molecule has 1 fully saturated rings. The number of amides is 2. The van der Waals surface area contributed by atoms with Crippen molar-refractivity contribution in [2.24, 2.45) is 0 Å². The number of aryl methyl sites for hydroxylation is 1. The van der Waals surface area contributed by atoms with E-state index in [0.717, 1.165) is 41.3 Å². The van der Waals surface area contributed by atoms with E-state index in [9.17, 15) is 9.59 Å². The highest BCUT2D eigenvalue weighted by Crippen LogP contribution is 2.36. The number of anilines is 2. The Labute approximate surface area is 246 Å². The summed E-state index contributed by atoms with van der Waals surface area (Å²) in [6.07, 6.45) is 1.74. The van der Waals surface area contributed by atoms with Crippen LogP contribution in [0.1, 0.15) is 27.0 Å². The maximum Gasteiger partial charge on any atom is 0.294 e. The number of carbonyl (C=O) groups is 2. The number of ether oxygens (including phenoxy) is 2. The van der Waals surface area contributed by atoms with E-state index < -0.39 is 0 Å². The lowest BCUT2D eigenvalue weighted by atomic mass is 10.1. The van der Waals surface area contributed by atoms with E-state index in [-0.39, 0.29) is 17.6 Å². The third-order valence-corrected chi connectivity index (χ3v) is 7.74. The minimum atomic E-state index is -0.206. The van der Waals surface area contributed by atoms with Gasteiger partial charge in [-0.2, -0.15) is 0 Å². The molecule has 2 aliphatic heterocycles. The zero-order chi connectivity index (χ0) is 29.1. The van der Waals surface area contributed by atoms with Gasteiger partial charge in [0.15, 0.2) is 11.5 Å². The molecule has 212 valence electrons. The number of rotatable bonds is 6. The van der Waals surface area contributed by atoms with Gasteiger partial charge in [-0.15, -0.1) is 0 Å². The number of carbonyl (C=O) groups excluding carboxylic acids is 2. The van der Waals surface area contributed by atoms with Crippen molar-refractivity contribution in [3.05, 3.63) is 125 Å². The number of para-hydroxylation sites is 4. The van der Waals surface area contributed by atoms with E-state index in [1.807, 2.05) is 109 Å². The van der Waals surface area contributed by atoms with Gasteiger partial charge in [-0.3, -0.25) is 14.5 Å². The van der Waals surface area contributed by atoms with Crippen LogP contribution in [0, 0.1) is 6.92 Å². The van der Waals surface area contributed by atoms with Crippen LogP contribution < -0.4 is 19.3 Å². The molecule has 7 heteroatoms. The lowest BCUT2D eigenvalue weighted by Gasteiger charge is -2.36. The van der Waals surface area contributed by atoms with Gasteiger partial charge in [0.25, 0.3) is 11.8 Å². The van der Waals surface area contributed by atoms with Gasteiger partial charge >= 0.3 is 0 Å². The molecule has 0 atom stereocenters. The number of methoxy groups -OCH3 is 1. The fourth-order valence-electron chi connectivity index (χ4n) is 5.39. The number of hydrogen-bond acceptors (Lipinski definition) is 5. The van der Waals surface area contributed by atoms with Crippen LogP contribution in [0.15, 0.2) is 103 Å². The lowest BCUT2D eigenvalue weighted by Crippen LogP contribution is -2.48. The predicted molar refractivity (Wildman–Crippen MR) is 165 cm³/mol. The van der Waals surface area contributed by atoms with Gasteiger partial charge in [0.1, 0.15) is 5.75 Å². The van der Waals surface area contributed by atoms with Gasteiger partial charge in [0, 0.05) is 31.7 Å². The Balaban J connectivity index is 1.15. The molecule has 0 aliphatic carbocycles. The fraction of sp³-hybridized carbons (Fsp3) is 0.200. The van der Waals surface area contributed by atoms with Gasteiger partial charge in [-0.25, -0.2) is 0 Å². The first-order valence-electron chi connectivity index (χ1n) is 14.1. The van der Waals surface area contributed by atoms with Gasteiger partial charge in [0.05, 0.1) is 25.0 Å². The monoisotopic (exact) mass is 559 g/mol. The molecule has 2 heterocycles. The first-order chi connectivity index (χ1) is 20.5. The zero-order valence-electron chi connectivity index (χ0n) is 23.8. The largest absolute Gasteiger partial charge is 0.495 e. The van der Waals surface area contributed by atoms with Crippen LogP contribution in [0.25, 0.3) is 6.08 Å². The van der Waals surface area contributed by atoms with Crippen molar-refractivity contribution in [1.29, 1.82) is 0 Å². The fourth-order valence-corrected chi connectivity index (χ4v) is 5.39. The minimum absolute atomic E-state index is 0.00271. The topological polar surface area (TPSA) is 62.3 Å². The Kier molecular flexibility index (Phi) is 7.64. The average molecular weight is 560 g/mol. The van der Waals surface area contributed by atoms with Crippen molar-refractivity contribution in [1.82, 2.24) is 4.90 Å². The summed E-state index contributed by atoms with van der Waals surface area (Å²) in [7, 11) is 1.68. The number of nitrogens with zero attached hydrogens (tertiary/aromatic N) is 3. The summed E-state index contributed by atoms with van der Waals surface area (Å²) in [5.41, 5.74) is 5.40. The standard InChI is InChI=1S/C35H33N3O4/c1-25-11-13-27(14-12-25)24-38-30-8-4-6-10-32(30)42-33(35(38)40)23-26-15-17-28(18-16-26)34(39)37-21-19-36(20-22-37)29-7-3-5-9-31(29)41-2/h3-18,23H,19-22,24H2,1-2H3/b33-23+. The molecule has 0 spiro atoms. The molecule has 4 aromatic rings. The second-order valence-corrected chi connectivity index (χ2v) is 10.5. The predicted octanol–water partition coefficient (Wildman–Crippen LogP) is 5.93. The second-order valence-electron chi connectivity index (χ2n) is 10.5. The van der Waals surface area contributed by atoms with Crippen LogP contribution in [0.3, 0.4) is 0 Å². The summed E-state index contributed by atoms with van der Waals surface area (Å²) in [6, 6.07) is 31.0. The molecule has 0 bridgehead atoms. The van der Waals surface area contributed by atoms with E-state index in [2.05, 4.69) is 4.90 Å². The van der Waals surface area contributed by atoms with Crippen molar-refractivity contribution < 1.29 is 19.1 Å². The summed E-state index contributed by atoms with van der Waals surface area (Å²) in [4.78, 5) is 32.7. The van der Waals surface area contributed by atoms with Gasteiger partial charge in [-0.1, -0.05) is 66.2 Å². The Hall–Kier alpha value is -5.04. The molecule has 0 aromatic heterocycles. The summed E-state index contributed by atoms with van der Waals surface area (Å²) < 4.78 is 11.6. The number of hydrogen-bond donors (Lipinski definition) is 0. The van der Waals surface area contributed by atoms with Crippen molar-refractivity contribution in [2.45, 2.75) is 13.5 Å². The van der Waals surface area contributed by atoms with Gasteiger partial charge in [0.2, 0.25) is 0 Å². The molecule has 4 aromatic carbocycles. The Morgan fingerprint density at radius 2 is 1.50 bits per heavy atom. The third-order valence-electron chi connectivity index (χ3n) is 7.74. The van der Waals surface area contributed by atoms with Crippen LogP contribution >= 0.6 is 0 Å². The third kappa shape index (κ3) is 5.59. The molecular formula is C35H33N3O4. The Bertz CT molecular complexity index is 1620. The van der Waals surface area contributed by atoms with Crippen LogP contribution in [0.5, 0.6) is 11.5 Å². The summed E-state index contributed by atoms with van der Waals surface area (Å²) >= 11 is 0. The van der Waals surface area contributed by atoms with E-state index in [0.29, 0.717) is 30.9 Å². The molecule has 42 heavy (non-hydrogen) atoms. The maximum absolute atomic E-state index is 13.6. The highest BCUT2D eigenvalue weighted by Gasteiger charge is 2.30. The van der Waals surface area contributed by atoms with Crippen LogP contribution in [-0.2, 0) is 11.3 Å². The van der Waals surface area contributed by atoms with E-state index in [1.165, 1.54) is 5.56 Å². The zero-order valence-corrected chi connectivity index (χ0v) is 23.8. The van der Waals surface area contributed by atoms with Crippen LogP contribution in [0.4, 0.5) is 11.4 Å². The Morgan fingerprint density at radius 3 is 2.21 bits per heavy atom. The number of benzene rings is 4. The molecule has 0 radical (unpaired) electrons. The second kappa shape index (κ2) is 11.8. The SMILES string of the molecule is COc1ccccc1N1CCN(C(=O)c2ccc(/C=C3/Oc4ccccc4N(Cc4ccc(C)cc4)C3=O)cc2)CC1. The lowest BCUT2D eigenvalue weighted by molar-refractivity contribution is -0.117. The quantitative estimate of drug-likeness (QED) is 0.274. The molecular weight excluding hydrogens is 526 g/mol. The van der Waals surface area contributed by atoms with Crippen LogP contribution in [0.2, 0.25) is 0 Å². The molecule has 7 nitrogen and oxygen atoms in total. The highest BCUT2D eigenvalue weighted by molar-refractivity contribution is 6.09. The van der Waals surface area contributed by atoms with E-state index >= 15 is 0 Å². The molecule has 0 N–H and O–H groups in total. The smallest absolute Gasteiger partial charge is 0.294 e. The van der Waals surface area contributed by atoms with Crippen molar-refractivity contribution >= 4 is 29.3 Å². The highest BCUT2D eigenvalue weighted by atomic mass is 16.5. The maximum atomic E-state index is 13.6. The summed E-state index contributed by atoms with van der Waals surface area (Å²) in [5.74, 6) is 1.51. The van der Waals surface area contributed by atoms with Crippen molar-refractivity contribution in [3.63, 3.8) is 0 Å². The van der Waals surface area contributed by atoms with Crippen molar-refractivity contribution in [3.8, 4) is 11.5 Å². The molecule has 6 rings (SSSR count). The van der Waals surface area contributed by atoms with Gasteiger partial charge in [-0.05, 0) is 60.5 Å². The first-order valence-corrected chi connectivity index (χ1v) is 14.1. The first kappa shape index (κ1) is 27.1. The molecule has 0 unspecified atom stereocenters. The van der Waals surface area contributed by atoms with Crippen molar-refractivity contribution in [2.75, 3.05) is 43.1 Å². The molecule has 0 saturated carbocycles. The molecule has 2 amide bonds. The number of fused-ring (bicyclic) bond motifs is 1. The van der Waals surface area contributed by atoms with Gasteiger partial charge < -0.3 is 19.3 Å². The number of piperazine rings is 1. The summed E-state index contributed by atoms with van der Waals surface area (Å²) in [5, 5.41) is 0. The molecule has 2 aliphatic rings. The Morgan fingerprint density at radius 1 is 0.833 bits per heavy atom. The summed E-state index contributed by atoms with van der Waals surface area (Å²) in [6.45, 7) is 5.20. The van der Waals surface area contributed by atoms with E-state index in [1.54, 1.807) is 18.1 Å². The average Bonchev–Trinajstić information content (AvgIpc) is 3.04.